The maximum absolute atomic E-state index is 13.0. The van der Waals surface area contributed by atoms with E-state index in [0.29, 0.717) is 17.9 Å². The molecule has 2 aromatic heterocycles. The average molecular weight is 422 g/mol. The van der Waals surface area contributed by atoms with Crippen LogP contribution in [0.2, 0.25) is 0 Å². The Morgan fingerprint density at radius 3 is 2.66 bits per heavy atom. The first kappa shape index (κ1) is 21.0. The van der Waals surface area contributed by atoms with Gasteiger partial charge in [-0.2, -0.15) is 0 Å². The van der Waals surface area contributed by atoms with Gasteiger partial charge in [0, 0.05) is 41.5 Å². The molecular formula is C27H23N3O2. The number of nitrogens with one attached hydrogen (secondary N) is 1. The third-order valence-electron chi connectivity index (χ3n) is 5.13. The van der Waals surface area contributed by atoms with Crippen molar-refractivity contribution in [2.75, 3.05) is 5.32 Å². The number of aromatic nitrogens is 2. The largest absolute Gasteiger partial charge is 0.488 e. The highest BCUT2D eigenvalue weighted by molar-refractivity contribution is 6.04. The lowest BCUT2D eigenvalue weighted by Crippen LogP contribution is -2.15. The summed E-state index contributed by atoms with van der Waals surface area (Å²) in [6, 6.07) is 21.4. The Balaban J connectivity index is 1.55. The molecule has 2 aromatic carbocycles. The van der Waals surface area contributed by atoms with Gasteiger partial charge < -0.3 is 10.1 Å². The highest BCUT2D eigenvalue weighted by atomic mass is 16.5. The number of carbonyl (C=O) groups excluding carboxylic acids is 1. The molecule has 0 aliphatic rings. The van der Waals surface area contributed by atoms with Crippen LogP contribution in [0, 0.1) is 6.92 Å². The third-order valence-corrected chi connectivity index (χ3v) is 5.13. The molecule has 0 unspecified atom stereocenters. The van der Waals surface area contributed by atoms with E-state index in [4.69, 9.17) is 4.74 Å². The lowest BCUT2D eigenvalue weighted by molar-refractivity contribution is 0.102. The van der Waals surface area contributed by atoms with Crippen LogP contribution < -0.4 is 10.1 Å². The number of hydrogen-bond acceptors (Lipinski definition) is 4. The summed E-state index contributed by atoms with van der Waals surface area (Å²) in [7, 11) is 0. The molecule has 0 fully saturated rings. The van der Waals surface area contributed by atoms with E-state index in [1.54, 1.807) is 30.7 Å². The first-order valence-electron chi connectivity index (χ1n) is 10.3. The maximum atomic E-state index is 13.0. The minimum Gasteiger partial charge on any atom is -0.488 e. The molecular weight excluding hydrogens is 398 g/mol. The number of carbonyl (C=O) groups is 1. The summed E-state index contributed by atoms with van der Waals surface area (Å²) >= 11 is 0. The lowest BCUT2D eigenvalue weighted by Gasteiger charge is -2.14. The van der Waals surface area contributed by atoms with Gasteiger partial charge in [0.1, 0.15) is 18.1 Å². The highest BCUT2D eigenvalue weighted by Gasteiger charge is 2.14. The Morgan fingerprint density at radius 2 is 1.91 bits per heavy atom. The van der Waals surface area contributed by atoms with Gasteiger partial charge in [0.25, 0.3) is 5.91 Å². The normalized spacial score (nSPS) is 10.4. The van der Waals surface area contributed by atoms with Crippen LogP contribution >= 0.6 is 0 Å². The van der Waals surface area contributed by atoms with E-state index in [0.717, 1.165) is 27.9 Å². The molecule has 4 rings (SSSR count). The van der Waals surface area contributed by atoms with Crippen molar-refractivity contribution in [2.45, 2.75) is 13.5 Å². The van der Waals surface area contributed by atoms with Crippen LogP contribution in [-0.2, 0) is 6.61 Å². The Kier molecular flexibility index (Phi) is 6.37. The molecule has 0 saturated carbocycles. The maximum Gasteiger partial charge on any atom is 0.274 e. The average Bonchev–Trinajstić information content (AvgIpc) is 2.85. The fraction of sp³-hybridized carbons (Fsp3) is 0.0741. The topological polar surface area (TPSA) is 64.1 Å². The van der Waals surface area contributed by atoms with Crippen molar-refractivity contribution in [1.29, 1.82) is 0 Å². The SMILES string of the molecule is C=Cc1cnc(C(=O)Nc2cccc(-c3ccccc3)c2C)cc1OCc1cccnc1. The van der Waals surface area contributed by atoms with Crippen LogP contribution in [0.4, 0.5) is 5.69 Å². The van der Waals surface area contributed by atoms with Gasteiger partial charge in [-0.1, -0.05) is 61.2 Å². The Bertz CT molecular complexity index is 1240. The molecule has 32 heavy (non-hydrogen) atoms. The molecule has 158 valence electrons. The summed E-state index contributed by atoms with van der Waals surface area (Å²) < 4.78 is 5.92. The Labute approximate surface area is 187 Å². The summed E-state index contributed by atoms with van der Waals surface area (Å²) in [5.74, 6) is 0.235. The molecule has 2 heterocycles. The fourth-order valence-corrected chi connectivity index (χ4v) is 3.38. The van der Waals surface area contributed by atoms with Crippen molar-refractivity contribution in [3.05, 3.63) is 114 Å². The lowest BCUT2D eigenvalue weighted by atomic mass is 9.99. The minimum atomic E-state index is -0.305. The van der Waals surface area contributed by atoms with E-state index < -0.39 is 0 Å². The van der Waals surface area contributed by atoms with Gasteiger partial charge in [-0.25, -0.2) is 0 Å². The number of benzene rings is 2. The second-order valence-corrected chi connectivity index (χ2v) is 7.26. The molecule has 0 aliphatic carbocycles. The molecule has 4 aromatic rings. The van der Waals surface area contributed by atoms with E-state index in [1.165, 1.54) is 0 Å². The molecule has 0 aliphatic heterocycles. The number of rotatable bonds is 7. The first-order valence-corrected chi connectivity index (χ1v) is 10.3. The van der Waals surface area contributed by atoms with Gasteiger partial charge in [-0.3, -0.25) is 14.8 Å². The molecule has 0 spiro atoms. The van der Waals surface area contributed by atoms with Gasteiger partial charge in [-0.15, -0.1) is 0 Å². The van der Waals surface area contributed by atoms with Crippen LogP contribution in [0.15, 0.2) is 91.9 Å². The quantitative estimate of drug-likeness (QED) is 0.402. The van der Waals surface area contributed by atoms with Crippen LogP contribution in [0.25, 0.3) is 17.2 Å². The molecule has 5 heteroatoms. The molecule has 5 nitrogen and oxygen atoms in total. The molecule has 0 radical (unpaired) electrons. The predicted octanol–water partition coefficient (Wildman–Crippen LogP) is 5.93. The van der Waals surface area contributed by atoms with Crippen LogP contribution in [0.5, 0.6) is 5.75 Å². The zero-order chi connectivity index (χ0) is 22.3. The molecule has 1 N–H and O–H groups in total. The minimum absolute atomic E-state index is 0.265. The number of hydrogen-bond donors (Lipinski definition) is 1. The summed E-state index contributed by atoms with van der Waals surface area (Å²) in [6.45, 7) is 6.13. The Morgan fingerprint density at radius 1 is 1.06 bits per heavy atom. The summed E-state index contributed by atoms with van der Waals surface area (Å²) in [5, 5.41) is 2.98. The fourth-order valence-electron chi connectivity index (χ4n) is 3.38. The van der Waals surface area contributed by atoms with Crippen LogP contribution in [0.3, 0.4) is 0 Å². The molecule has 0 atom stereocenters. The van der Waals surface area contributed by atoms with Gasteiger partial charge in [0.05, 0.1) is 0 Å². The second-order valence-electron chi connectivity index (χ2n) is 7.26. The third kappa shape index (κ3) is 4.73. The van der Waals surface area contributed by atoms with Gasteiger partial charge in [-0.05, 0) is 35.7 Å². The van der Waals surface area contributed by atoms with E-state index in [-0.39, 0.29) is 11.6 Å². The zero-order valence-corrected chi connectivity index (χ0v) is 17.8. The second kappa shape index (κ2) is 9.71. The first-order chi connectivity index (χ1) is 15.7. The van der Waals surface area contributed by atoms with E-state index in [1.807, 2.05) is 55.5 Å². The van der Waals surface area contributed by atoms with Crippen molar-refractivity contribution in [3.63, 3.8) is 0 Å². The summed E-state index contributed by atoms with van der Waals surface area (Å²) in [4.78, 5) is 21.4. The molecule has 0 saturated heterocycles. The molecule has 1 amide bonds. The number of anilines is 1. The van der Waals surface area contributed by atoms with Crippen molar-refractivity contribution < 1.29 is 9.53 Å². The smallest absolute Gasteiger partial charge is 0.274 e. The van der Waals surface area contributed by atoms with Gasteiger partial charge in [0.15, 0.2) is 0 Å². The summed E-state index contributed by atoms with van der Waals surface area (Å²) in [6.07, 6.45) is 6.70. The standard InChI is InChI=1S/C27H23N3O2/c1-3-21-17-29-25(15-26(21)32-18-20-9-8-14-28-16-20)27(31)30-24-13-7-12-23(19(24)2)22-10-5-4-6-11-22/h3-17H,1,18H2,2H3,(H,30,31). The van der Waals surface area contributed by atoms with Gasteiger partial charge in [0.2, 0.25) is 0 Å². The predicted molar refractivity (Wildman–Crippen MR) is 127 cm³/mol. The number of ether oxygens (including phenoxy) is 1. The number of amides is 1. The van der Waals surface area contributed by atoms with Crippen molar-refractivity contribution >= 4 is 17.7 Å². The van der Waals surface area contributed by atoms with E-state index >= 15 is 0 Å². The van der Waals surface area contributed by atoms with Crippen LogP contribution in [0.1, 0.15) is 27.2 Å². The van der Waals surface area contributed by atoms with Crippen molar-refractivity contribution in [2.24, 2.45) is 0 Å². The number of pyridine rings is 2. The monoisotopic (exact) mass is 421 g/mol. The molecule has 0 bridgehead atoms. The van der Waals surface area contributed by atoms with Crippen molar-refractivity contribution in [1.82, 2.24) is 9.97 Å². The van der Waals surface area contributed by atoms with E-state index in [9.17, 15) is 4.79 Å². The summed E-state index contributed by atoms with van der Waals surface area (Å²) in [5.41, 5.74) is 5.80. The number of nitrogens with zero attached hydrogens (tertiary/aromatic N) is 2. The van der Waals surface area contributed by atoms with E-state index in [2.05, 4.69) is 34.0 Å². The van der Waals surface area contributed by atoms with Crippen LogP contribution in [-0.4, -0.2) is 15.9 Å². The van der Waals surface area contributed by atoms with Gasteiger partial charge >= 0.3 is 0 Å². The highest BCUT2D eigenvalue weighted by Crippen LogP contribution is 2.29. The van der Waals surface area contributed by atoms with Crippen molar-refractivity contribution in [3.8, 4) is 16.9 Å². The Hall–Kier alpha value is -4.25. The zero-order valence-electron chi connectivity index (χ0n) is 17.8.